The minimum atomic E-state index is 0.850. The van der Waals surface area contributed by atoms with Gasteiger partial charge in [0, 0.05) is 11.1 Å². The third kappa shape index (κ3) is 1.20. The second-order valence-electron chi connectivity index (χ2n) is 2.73. The fourth-order valence-electron chi connectivity index (χ4n) is 1.16. The van der Waals surface area contributed by atoms with Gasteiger partial charge in [-0.1, -0.05) is 6.92 Å². The Morgan fingerprint density at radius 2 is 2.33 bits per heavy atom. The Kier molecular flexibility index (Phi) is 1.81. The van der Waals surface area contributed by atoms with Crippen LogP contribution in [0.15, 0.2) is 12.3 Å². The number of nitrogens with zero attached hydrogens (tertiary/aromatic N) is 2. The molecule has 0 saturated heterocycles. The highest BCUT2D eigenvalue weighted by Crippen LogP contribution is 2.23. The molecule has 0 radical (unpaired) electrons. The number of thiophene rings is 1. The number of aryl methyl sites for hydroxylation is 2. The van der Waals surface area contributed by atoms with E-state index in [9.17, 15) is 0 Å². The lowest BCUT2D eigenvalue weighted by Crippen LogP contribution is -1.83. The highest BCUT2D eigenvalue weighted by Gasteiger charge is 2.01. The van der Waals surface area contributed by atoms with Gasteiger partial charge < -0.3 is 0 Å². The molecule has 0 bridgehead atoms. The molecule has 0 amide bonds. The van der Waals surface area contributed by atoms with Crippen molar-refractivity contribution in [2.45, 2.75) is 20.3 Å². The average molecular weight is 178 g/mol. The summed E-state index contributed by atoms with van der Waals surface area (Å²) in [6.45, 7) is 4.08. The van der Waals surface area contributed by atoms with Crippen LogP contribution < -0.4 is 0 Å². The average Bonchev–Trinajstić information content (AvgIpc) is 2.46. The third-order valence-electron chi connectivity index (χ3n) is 1.79. The molecule has 2 aromatic rings. The highest BCUT2D eigenvalue weighted by molar-refractivity contribution is 7.18. The monoisotopic (exact) mass is 178 g/mol. The summed E-state index contributed by atoms with van der Waals surface area (Å²) in [5, 5.41) is 0. The van der Waals surface area contributed by atoms with E-state index < -0.39 is 0 Å². The van der Waals surface area contributed by atoms with Crippen LogP contribution in [0.4, 0.5) is 0 Å². The number of hydrogen-bond donors (Lipinski definition) is 0. The number of aromatic nitrogens is 2. The van der Waals surface area contributed by atoms with E-state index in [-0.39, 0.29) is 0 Å². The Balaban J connectivity index is 2.67. The first kappa shape index (κ1) is 7.68. The van der Waals surface area contributed by atoms with Crippen LogP contribution >= 0.6 is 11.3 Å². The summed E-state index contributed by atoms with van der Waals surface area (Å²) < 4.78 is 1.19. The summed E-state index contributed by atoms with van der Waals surface area (Å²) in [6.07, 6.45) is 2.99. The quantitative estimate of drug-likeness (QED) is 0.670. The molecule has 0 aromatic carbocycles. The molecule has 0 unspecified atom stereocenters. The minimum Gasteiger partial charge on any atom is -0.240 e. The van der Waals surface area contributed by atoms with Gasteiger partial charge >= 0.3 is 0 Å². The van der Waals surface area contributed by atoms with Crippen LogP contribution in [-0.4, -0.2) is 9.97 Å². The Labute approximate surface area is 75.3 Å². The van der Waals surface area contributed by atoms with Crippen molar-refractivity contribution in [1.29, 1.82) is 0 Å². The zero-order valence-electron chi connectivity index (χ0n) is 7.16. The van der Waals surface area contributed by atoms with Crippen molar-refractivity contribution < 1.29 is 0 Å². The Hall–Kier alpha value is -0.960. The zero-order chi connectivity index (χ0) is 8.55. The zero-order valence-corrected chi connectivity index (χ0v) is 7.98. The number of fused-ring (bicyclic) bond motifs is 1. The molecule has 0 fully saturated rings. The SMILES string of the molecule is CCc1cc2nc(C)ncc2s1. The molecule has 2 nitrogen and oxygen atoms in total. The molecule has 2 heterocycles. The second-order valence-corrected chi connectivity index (χ2v) is 3.90. The van der Waals surface area contributed by atoms with E-state index in [1.165, 1.54) is 9.58 Å². The lowest BCUT2D eigenvalue weighted by molar-refractivity contribution is 1.09. The number of rotatable bonds is 1. The first-order chi connectivity index (χ1) is 5.79. The molecule has 12 heavy (non-hydrogen) atoms. The molecule has 0 saturated carbocycles. The smallest absolute Gasteiger partial charge is 0.125 e. The van der Waals surface area contributed by atoms with Gasteiger partial charge in [-0.25, -0.2) is 9.97 Å². The standard InChI is InChI=1S/C9H10N2S/c1-3-7-4-8-9(12-7)5-10-6(2)11-8/h4-5H,3H2,1-2H3. The van der Waals surface area contributed by atoms with Gasteiger partial charge in [-0.2, -0.15) is 0 Å². The van der Waals surface area contributed by atoms with Crippen LogP contribution in [-0.2, 0) is 6.42 Å². The van der Waals surface area contributed by atoms with Crippen LogP contribution in [0.2, 0.25) is 0 Å². The van der Waals surface area contributed by atoms with Crippen molar-refractivity contribution in [3.05, 3.63) is 23.0 Å². The van der Waals surface area contributed by atoms with Crippen molar-refractivity contribution in [2.24, 2.45) is 0 Å². The Bertz CT molecular complexity index is 406. The third-order valence-corrected chi connectivity index (χ3v) is 2.99. The minimum absolute atomic E-state index is 0.850. The van der Waals surface area contributed by atoms with Crippen LogP contribution in [0.5, 0.6) is 0 Å². The van der Waals surface area contributed by atoms with Crippen LogP contribution in [0, 0.1) is 6.92 Å². The molecule has 62 valence electrons. The van der Waals surface area contributed by atoms with E-state index in [1.54, 1.807) is 11.3 Å². The lowest BCUT2D eigenvalue weighted by atomic mass is 10.3. The first-order valence-corrected chi connectivity index (χ1v) is 4.83. The maximum atomic E-state index is 4.34. The van der Waals surface area contributed by atoms with Gasteiger partial charge in [-0.3, -0.25) is 0 Å². The van der Waals surface area contributed by atoms with Gasteiger partial charge in [0.15, 0.2) is 0 Å². The molecule has 0 aliphatic heterocycles. The first-order valence-electron chi connectivity index (χ1n) is 4.01. The van der Waals surface area contributed by atoms with Gasteiger partial charge in [-0.05, 0) is 19.4 Å². The maximum absolute atomic E-state index is 4.34. The van der Waals surface area contributed by atoms with E-state index in [4.69, 9.17) is 0 Å². The van der Waals surface area contributed by atoms with Gasteiger partial charge in [-0.15, -0.1) is 11.3 Å². The molecule has 3 heteroatoms. The number of hydrogen-bond acceptors (Lipinski definition) is 3. The van der Waals surface area contributed by atoms with Gasteiger partial charge in [0.05, 0.1) is 10.2 Å². The molecule has 0 atom stereocenters. The predicted octanol–water partition coefficient (Wildman–Crippen LogP) is 2.56. The highest BCUT2D eigenvalue weighted by atomic mass is 32.1. The van der Waals surface area contributed by atoms with Gasteiger partial charge in [0.25, 0.3) is 0 Å². The van der Waals surface area contributed by atoms with Crippen molar-refractivity contribution in [1.82, 2.24) is 9.97 Å². The summed E-state index contributed by atoms with van der Waals surface area (Å²) in [5.74, 6) is 0.850. The van der Waals surface area contributed by atoms with Crippen LogP contribution in [0.1, 0.15) is 17.6 Å². The van der Waals surface area contributed by atoms with E-state index in [2.05, 4.69) is 23.0 Å². The van der Waals surface area contributed by atoms with Crippen molar-refractivity contribution in [3.63, 3.8) is 0 Å². The molecular formula is C9H10N2S. The largest absolute Gasteiger partial charge is 0.240 e. The van der Waals surface area contributed by atoms with E-state index >= 15 is 0 Å². The fraction of sp³-hybridized carbons (Fsp3) is 0.333. The molecule has 0 aliphatic rings. The molecule has 2 aromatic heterocycles. The normalized spacial score (nSPS) is 10.8. The van der Waals surface area contributed by atoms with Crippen molar-refractivity contribution >= 4 is 21.6 Å². The van der Waals surface area contributed by atoms with Crippen molar-refractivity contribution in [2.75, 3.05) is 0 Å². The topological polar surface area (TPSA) is 25.8 Å². The lowest BCUT2D eigenvalue weighted by Gasteiger charge is -1.88. The summed E-state index contributed by atoms with van der Waals surface area (Å²) in [6, 6.07) is 2.15. The fourth-order valence-corrected chi connectivity index (χ4v) is 2.07. The molecule has 0 N–H and O–H groups in total. The summed E-state index contributed by atoms with van der Waals surface area (Å²) in [5.41, 5.74) is 1.09. The molecule has 0 aliphatic carbocycles. The molecule has 0 spiro atoms. The van der Waals surface area contributed by atoms with Crippen molar-refractivity contribution in [3.8, 4) is 0 Å². The van der Waals surface area contributed by atoms with Gasteiger partial charge in [0.2, 0.25) is 0 Å². The second kappa shape index (κ2) is 2.83. The predicted molar refractivity (Wildman–Crippen MR) is 51.5 cm³/mol. The van der Waals surface area contributed by atoms with Crippen LogP contribution in [0.25, 0.3) is 10.2 Å². The summed E-state index contributed by atoms with van der Waals surface area (Å²) in [4.78, 5) is 9.88. The van der Waals surface area contributed by atoms with E-state index in [0.717, 1.165) is 17.8 Å². The maximum Gasteiger partial charge on any atom is 0.125 e. The summed E-state index contributed by atoms with van der Waals surface area (Å²) in [7, 11) is 0. The molecular weight excluding hydrogens is 168 g/mol. The Morgan fingerprint density at radius 3 is 3.08 bits per heavy atom. The van der Waals surface area contributed by atoms with Crippen LogP contribution in [0.3, 0.4) is 0 Å². The van der Waals surface area contributed by atoms with E-state index in [0.29, 0.717) is 0 Å². The summed E-state index contributed by atoms with van der Waals surface area (Å²) >= 11 is 1.78. The van der Waals surface area contributed by atoms with Gasteiger partial charge in [0.1, 0.15) is 5.82 Å². The van der Waals surface area contributed by atoms with E-state index in [1.807, 2.05) is 13.1 Å². The molecule has 2 rings (SSSR count). The Morgan fingerprint density at radius 1 is 1.50 bits per heavy atom.